The lowest BCUT2D eigenvalue weighted by molar-refractivity contribution is 0.409. The zero-order chi connectivity index (χ0) is 11.6. The van der Waals surface area contributed by atoms with E-state index in [1.165, 1.54) is 13.2 Å². The van der Waals surface area contributed by atoms with Crippen molar-refractivity contribution in [1.29, 1.82) is 0 Å². The minimum atomic E-state index is -0.374. The third-order valence-corrected chi connectivity index (χ3v) is 2.85. The van der Waals surface area contributed by atoms with Gasteiger partial charge in [0.15, 0.2) is 0 Å². The molecule has 0 saturated heterocycles. The maximum absolute atomic E-state index is 13.4. The van der Waals surface area contributed by atoms with Crippen molar-refractivity contribution >= 4 is 15.9 Å². The summed E-state index contributed by atoms with van der Waals surface area (Å²) < 4.78 is 18.9. The zero-order valence-corrected chi connectivity index (χ0v) is 10.7. The number of methoxy groups -OCH3 is 1. The van der Waals surface area contributed by atoms with Crippen LogP contribution >= 0.6 is 15.9 Å². The quantitative estimate of drug-likeness (QED) is 0.921. The number of hydrogen-bond donors (Lipinski definition) is 1. The first-order chi connectivity index (χ1) is 6.83. The summed E-state index contributed by atoms with van der Waals surface area (Å²) in [6.07, 6.45) is 0.585. The normalized spacial score (nSPS) is 11.6. The molecule has 0 fully saturated rings. The summed E-state index contributed by atoms with van der Waals surface area (Å²) in [6.45, 7) is 3.80. The molecule has 1 aromatic carbocycles. The Morgan fingerprint density at radius 3 is 2.53 bits per heavy atom. The highest BCUT2D eigenvalue weighted by molar-refractivity contribution is 9.10. The molecule has 0 saturated carbocycles. The fraction of sp³-hybridized carbons (Fsp3) is 0.455. The summed E-state index contributed by atoms with van der Waals surface area (Å²) in [4.78, 5) is 0. The molecule has 0 aliphatic heterocycles. The van der Waals surface area contributed by atoms with E-state index < -0.39 is 0 Å². The van der Waals surface area contributed by atoms with Crippen LogP contribution in [0.4, 0.5) is 4.39 Å². The average Bonchev–Trinajstić information content (AvgIpc) is 2.10. The molecule has 0 amide bonds. The van der Waals surface area contributed by atoms with Crippen LogP contribution in [0.5, 0.6) is 5.75 Å². The van der Waals surface area contributed by atoms with E-state index in [1.54, 1.807) is 6.07 Å². The van der Waals surface area contributed by atoms with Gasteiger partial charge in [0.2, 0.25) is 0 Å². The molecule has 4 heteroatoms. The molecular weight excluding hydrogens is 261 g/mol. The fourth-order valence-corrected chi connectivity index (χ4v) is 1.72. The van der Waals surface area contributed by atoms with Crippen molar-refractivity contribution in [1.82, 2.24) is 0 Å². The molecule has 0 aliphatic rings. The SMILES string of the molecule is COc1cc(F)c(Br)c(CC(C)(C)N)c1. The van der Waals surface area contributed by atoms with Gasteiger partial charge in [0.25, 0.3) is 0 Å². The highest BCUT2D eigenvalue weighted by Crippen LogP contribution is 2.28. The minimum absolute atomic E-state index is 0.325. The third-order valence-electron chi connectivity index (χ3n) is 1.96. The van der Waals surface area contributed by atoms with Gasteiger partial charge in [-0.2, -0.15) is 0 Å². The van der Waals surface area contributed by atoms with Crippen LogP contribution in [-0.4, -0.2) is 12.6 Å². The molecule has 2 nitrogen and oxygen atoms in total. The Morgan fingerprint density at radius 2 is 2.07 bits per heavy atom. The van der Waals surface area contributed by atoms with Crippen LogP contribution < -0.4 is 10.5 Å². The molecule has 2 N–H and O–H groups in total. The summed E-state index contributed by atoms with van der Waals surface area (Å²) in [5, 5.41) is 0. The topological polar surface area (TPSA) is 35.2 Å². The Kier molecular flexibility index (Phi) is 3.73. The van der Waals surface area contributed by atoms with Gasteiger partial charge in [-0.25, -0.2) is 4.39 Å². The van der Waals surface area contributed by atoms with Gasteiger partial charge < -0.3 is 10.5 Å². The van der Waals surface area contributed by atoms with Crippen LogP contribution in [-0.2, 0) is 6.42 Å². The monoisotopic (exact) mass is 275 g/mol. The molecule has 84 valence electrons. The lowest BCUT2D eigenvalue weighted by atomic mass is 9.96. The number of halogens is 2. The van der Waals surface area contributed by atoms with Crippen molar-refractivity contribution in [2.75, 3.05) is 7.11 Å². The van der Waals surface area contributed by atoms with E-state index in [0.717, 1.165) is 5.56 Å². The average molecular weight is 276 g/mol. The van der Waals surface area contributed by atoms with Gasteiger partial charge in [-0.05, 0) is 47.8 Å². The highest BCUT2D eigenvalue weighted by Gasteiger charge is 2.16. The van der Waals surface area contributed by atoms with Gasteiger partial charge in [-0.15, -0.1) is 0 Å². The highest BCUT2D eigenvalue weighted by atomic mass is 79.9. The van der Waals surface area contributed by atoms with Crippen LogP contribution in [0.15, 0.2) is 16.6 Å². The molecule has 0 spiro atoms. The van der Waals surface area contributed by atoms with Crippen LogP contribution in [0.2, 0.25) is 0 Å². The first kappa shape index (κ1) is 12.5. The predicted octanol–water partition coefficient (Wildman–Crippen LogP) is 2.88. The van der Waals surface area contributed by atoms with Crippen LogP contribution in [0, 0.1) is 5.82 Å². The molecule has 1 aromatic rings. The maximum Gasteiger partial charge on any atom is 0.141 e. The lowest BCUT2D eigenvalue weighted by Gasteiger charge is -2.20. The van der Waals surface area contributed by atoms with Crippen molar-refractivity contribution in [3.05, 3.63) is 28.0 Å². The molecule has 0 heterocycles. The Balaban J connectivity index is 3.11. The second kappa shape index (κ2) is 4.49. The second-order valence-electron chi connectivity index (χ2n) is 4.25. The molecule has 0 atom stereocenters. The van der Waals surface area contributed by atoms with Crippen LogP contribution in [0.1, 0.15) is 19.4 Å². The van der Waals surface area contributed by atoms with Gasteiger partial charge >= 0.3 is 0 Å². The molecule has 0 radical (unpaired) electrons. The van der Waals surface area contributed by atoms with Gasteiger partial charge in [0.05, 0.1) is 11.6 Å². The number of hydrogen-bond acceptors (Lipinski definition) is 2. The number of benzene rings is 1. The summed E-state index contributed by atoms with van der Waals surface area (Å²) >= 11 is 3.21. The molecular formula is C11H15BrFNO. The van der Waals surface area contributed by atoms with Crippen molar-refractivity contribution in [3.8, 4) is 5.75 Å². The van der Waals surface area contributed by atoms with E-state index in [1.807, 2.05) is 13.8 Å². The molecule has 0 bridgehead atoms. The minimum Gasteiger partial charge on any atom is -0.497 e. The van der Waals surface area contributed by atoms with E-state index in [-0.39, 0.29) is 11.4 Å². The maximum atomic E-state index is 13.4. The molecule has 0 unspecified atom stereocenters. The van der Waals surface area contributed by atoms with Crippen molar-refractivity contribution in [2.24, 2.45) is 5.73 Å². The Hall–Kier alpha value is -0.610. The summed E-state index contributed by atoms with van der Waals surface area (Å²) in [5.41, 5.74) is 6.34. The molecule has 0 aromatic heterocycles. The molecule has 0 aliphatic carbocycles. The van der Waals surface area contributed by atoms with Crippen molar-refractivity contribution in [2.45, 2.75) is 25.8 Å². The zero-order valence-electron chi connectivity index (χ0n) is 9.10. The number of rotatable bonds is 3. The van der Waals surface area contributed by atoms with E-state index in [4.69, 9.17) is 10.5 Å². The first-order valence-electron chi connectivity index (χ1n) is 4.64. The Bertz CT molecular complexity index is 360. The van der Waals surface area contributed by atoms with Gasteiger partial charge in [0, 0.05) is 11.6 Å². The second-order valence-corrected chi connectivity index (χ2v) is 5.04. The van der Waals surface area contributed by atoms with E-state index in [9.17, 15) is 4.39 Å². The largest absolute Gasteiger partial charge is 0.497 e. The molecule has 15 heavy (non-hydrogen) atoms. The fourth-order valence-electron chi connectivity index (χ4n) is 1.36. The van der Waals surface area contributed by atoms with Crippen LogP contribution in [0.25, 0.3) is 0 Å². The number of nitrogens with two attached hydrogens (primary N) is 1. The predicted molar refractivity (Wildman–Crippen MR) is 62.6 cm³/mol. The Morgan fingerprint density at radius 1 is 1.47 bits per heavy atom. The summed E-state index contributed by atoms with van der Waals surface area (Å²) in [7, 11) is 1.51. The molecule has 1 rings (SSSR count). The third kappa shape index (κ3) is 3.47. The van der Waals surface area contributed by atoms with Crippen molar-refractivity contribution in [3.63, 3.8) is 0 Å². The van der Waals surface area contributed by atoms with Crippen LogP contribution in [0.3, 0.4) is 0 Å². The van der Waals surface area contributed by atoms with E-state index >= 15 is 0 Å². The summed E-state index contributed by atoms with van der Waals surface area (Å²) in [6, 6.07) is 3.14. The van der Waals surface area contributed by atoms with Gasteiger partial charge in [-0.3, -0.25) is 0 Å². The van der Waals surface area contributed by atoms with Gasteiger partial charge in [0.1, 0.15) is 11.6 Å². The van der Waals surface area contributed by atoms with Crippen molar-refractivity contribution < 1.29 is 9.13 Å². The Labute approximate surface area is 97.7 Å². The summed E-state index contributed by atoms with van der Waals surface area (Å²) in [5.74, 6) is 0.184. The smallest absolute Gasteiger partial charge is 0.141 e. The number of ether oxygens (including phenoxy) is 1. The lowest BCUT2D eigenvalue weighted by Crippen LogP contribution is -2.34. The first-order valence-corrected chi connectivity index (χ1v) is 5.43. The van der Waals surface area contributed by atoms with E-state index in [2.05, 4.69) is 15.9 Å². The standard InChI is InChI=1S/C11H15BrFNO/c1-11(2,14)6-7-4-8(15-3)5-9(13)10(7)12/h4-5H,6,14H2,1-3H3. The van der Waals surface area contributed by atoms with Gasteiger partial charge in [-0.1, -0.05) is 0 Å². The van der Waals surface area contributed by atoms with E-state index in [0.29, 0.717) is 16.6 Å².